The van der Waals surface area contributed by atoms with E-state index in [1.54, 1.807) is 7.11 Å². The molecule has 0 spiro atoms. The Morgan fingerprint density at radius 1 is 1.12 bits per heavy atom. The fourth-order valence-electron chi connectivity index (χ4n) is 1.85. The number of methoxy groups -OCH3 is 1. The molecular formula is C17H30IN3O3. The second-order valence-corrected chi connectivity index (χ2v) is 4.92. The molecule has 138 valence electrons. The zero-order chi connectivity index (χ0) is 16.8. The molecule has 0 fully saturated rings. The molecule has 6 nitrogen and oxygen atoms in total. The Hall–Kier alpha value is -1.06. The lowest BCUT2D eigenvalue weighted by Gasteiger charge is -2.22. The van der Waals surface area contributed by atoms with Gasteiger partial charge < -0.3 is 24.4 Å². The third kappa shape index (κ3) is 10.7. The van der Waals surface area contributed by atoms with E-state index in [0.29, 0.717) is 33.0 Å². The SMILES string of the molecule is CCNC(=NCCOCCOC)N(C)CCOc1ccccc1.I. The normalized spacial score (nSPS) is 10.9. The van der Waals surface area contributed by atoms with E-state index < -0.39 is 0 Å². The van der Waals surface area contributed by atoms with Crippen LogP contribution in [0.4, 0.5) is 0 Å². The van der Waals surface area contributed by atoms with Crippen LogP contribution in [0.25, 0.3) is 0 Å². The van der Waals surface area contributed by atoms with Crippen LogP contribution in [-0.2, 0) is 9.47 Å². The molecule has 0 aromatic heterocycles. The molecule has 1 aromatic rings. The predicted molar refractivity (Wildman–Crippen MR) is 109 cm³/mol. The minimum atomic E-state index is 0. The molecule has 0 aliphatic rings. The molecule has 1 rings (SSSR count). The van der Waals surface area contributed by atoms with Crippen molar-refractivity contribution < 1.29 is 14.2 Å². The molecule has 0 saturated heterocycles. The molecule has 0 aliphatic carbocycles. The summed E-state index contributed by atoms with van der Waals surface area (Å²) in [6.45, 7) is 6.67. The van der Waals surface area contributed by atoms with Crippen LogP contribution in [0.3, 0.4) is 0 Å². The van der Waals surface area contributed by atoms with E-state index in [0.717, 1.165) is 24.8 Å². The van der Waals surface area contributed by atoms with Crippen LogP contribution in [-0.4, -0.2) is 71.1 Å². The summed E-state index contributed by atoms with van der Waals surface area (Å²) in [6, 6.07) is 9.82. The maximum atomic E-state index is 5.71. The Morgan fingerprint density at radius 2 is 1.88 bits per heavy atom. The fraction of sp³-hybridized carbons (Fsp3) is 0.588. The summed E-state index contributed by atoms with van der Waals surface area (Å²) < 4.78 is 16.1. The summed E-state index contributed by atoms with van der Waals surface area (Å²) in [5.41, 5.74) is 0. The highest BCUT2D eigenvalue weighted by atomic mass is 127. The van der Waals surface area contributed by atoms with E-state index in [4.69, 9.17) is 14.2 Å². The number of halogens is 1. The Bertz CT molecular complexity index is 432. The molecule has 1 N–H and O–H groups in total. The van der Waals surface area contributed by atoms with Crippen LogP contribution in [0.1, 0.15) is 6.92 Å². The fourth-order valence-corrected chi connectivity index (χ4v) is 1.85. The highest BCUT2D eigenvalue weighted by Gasteiger charge is 2.05. The molecule has 7 heteroatoms. The lowest BCUT2D eigenvalue weighted by Crippen LogP contribution is -2.41. The average Bonchev–Trinajstić information content (AvgIpc) is 2.58. The van der Waals surface area contributed by atoms with Gasteiger partial charge in [-0.2, -0.15) is 0 Å². The molecule has 0 unspecified atom stereocenters. The monoisotopic (exact) mass is 451 g/mol. The second-order valence-electron chi connectivity index (χ2n) is 4.92. The quantitative estimate of drug-likeness (QED) is 0.242. The van der Waals surface area contributed by atoms with Crippen molar-refractivity contribution in [1.82, 2.24) is 10.2 Å². The zero-order valence-corrected chi connectivity index (χ0v) is 17.2. The number of nitrogens with zero attached hydrogens (tertiary/aromatic N) is 2. The van der Waals surface area contributed by atoms with Gasteiger partial charge in [-0.05, 0) is 19.1 Å². The van der Waals surface area contributed by atoms with Crippen molar-refractivity contribution in [2.24, 2.45) is 4.99 Å². The van der Waals surface area contributed by atoms with Crippen molar-refractivity contribution in [3.8, 4) is 5.75 Å². The lowest BCUT2D eigenvalue weighted by molar-refractivity contribution is 0.0747. The maximum Gasteiger partial charge on any atom is 0.193 e. The van der Waals surface area contributed by atoms with Crippen LogP contribution in [0.2, 0.25) is 0 Å². The number of benzene rings is 1. The number of rotatable bonds is 11. The van der Waals surface area contributed by atoms with Gasteiger partial charge in [-0.25, -0.2) is 0 Å². The Balaban J connectivity index is 0.00000529. The van der Waals surface area contributed by atoms with E-state index in [9.17, 15) is 0 Å². The highest BCUT2D eigenvalue weighted by Crippen LogP contribution is 2.07. The Kier molecular flexibility index (Phi) is 14.8. The molecule has 0 saturated carbocycles. The van der Waals surface area contributed by atoms with E-state index in [2.05, 4.69) is 22.1 Å². The van der Waals surface area contributed by atoms with Crippen LogP contribution >= 0.6 is 24.0 Å². The number of hydrogen-bond acceptors (Lipinski definition) is 4. The molecule has 0 heterocycles. The summed E-state index contributed by atoms with van der Waals surface area (Å²) in [5, 5.41) is 3.27. The maximum absolute atomic E-state index is 5.71. The van der Waals surface area contributed by atoms with Gasteiger partial charge in [0, 0.05) is 20.7 Å². The predicted octanol–water partition coefficient (Wildman–Crippen LogP) is 2.24. The van der Waals surface area contributed by atoms with Crippen molar-refractivity contribution in [2.45, 2.75) is 6.92 Å². The summed E-state index contributed by atoms with van der Waals surface area (Å²) in [4.78, 5) is 6.60. The van der Waals surface area contributed by atoms with E-state index in [-0.39, 0.29) is 24.0 Å². The third-order valence-corrected chi connectivity index (χ3v) is 3.06. The lowest BCUT2D eigenvalue weighted by atomic mass is 10.3. The first-order valence-corrected chi connectivity index (χ1v) is 8.02. The molecule has 24 heavy (non-hydrogen) atoms. The molecule has 0 bridgehead atoms. The van der Waals surface area contributed by atoms with Crippen LogP contribution in [0.5, 0.6) is 5.75 Å². The van der Waals surface area contributed by atoms with Gasteiger partial charge in [0.05, 0.1) is 32.9 Å². The number of nitrogens with one attached hydrogen (secondary N) is 1. The molecule has 0 radical (unpaired) electrons. The molecule has 0 aliphatic heterocycles. The summed E-state index contributed by atoms with van der Waals surface area (Å²) in [5.74, 6) is 1.74. The van der Waals surface area contributed by atoms with Gasteiger partial charge in [-0.3, -0.25) is 4.99 Å². The number of ether oxygens (including phenoxy) is 3. The summed E-state index contributed by atoms with van der Waals surface area (Å²) >= 11 is 0. The first-order chi connectivity index (χ1) is 11.3. The van der Waals surface area contributed by atoms with E-state index in [1.807, 2.05) is 37.4 Å². The first kappa shape index (κ1) is 22.9. The van der Waals surface area contributed by atoms with Crippen molar-refractivity contribution in [3.05, 3.63) is 30.3 Å². The number of guanidine groups is 1. The van der Waals surface area contributed by atoms with Crippen LogP contribution in [0, 0.1) is 0 Å². The molecule has 0 atom stereocenters. The van der Waals surface area contributed by atoms with Crippen molar-refractivity contribution in [3.63, 3.8) is 0 Å². The summed E-state index contributed by atoms with van der Waals surface area (Å²) in [7, 11) is 3.67. The Labute approximate surface area is 162 Å². The van der Waals surface area contributed by atoms with Gasteiger partial charge in [0.2, 0.25) is 0 Å². The number of hydrogen-bond donors (Lipinski definition) is 1. The van der Waals surface area contributed by atoms with Crippen molar-refractivity contribution >= 4 is 29.9 Å². The number of aliphatic imine (C=N–C) groups is 1. The minimum absolute atomic E-state index is 0. The smallest absolute Gasteiger partial charge is 0.193 e. The van der Waals surface area contributed by atoms with Crippen LogP contribution < -0.4 is 10.1 Å². The largest absolute Gasteiger partial charge is 0.492 e. The van der Waals surface area contributed by atoms with Gasteiger partial charge in [-0.15, -0.1) is 24.0 Å². The van der Waals surface area contributed by atoms with Gasteiger partial charge in [-0.1, -0.05) is 18.2 Å². The van der Waals surface area contributed by atoms with Gasteiger partial charge in [0.25, 0.3) is 0 Å². The highest BCUT2D eigenvalue weighted by molar-refractivity contribution is 14.0. The average molecular weight is 451 g/mol. The molecule has 1 aromatic carbocycles. The standard InChI is InChI=1S/C17H29N3O3.HI/c1-4-18-17(19-10-12-22-15-14-21-3)20(2)11-13-23-16-8-6-5-7-9-16;/h5-9H,4,10-15H2,1-3H3,(H,18,19);1H. The van der Waals surface area contributed by atoms with Crippen LogP contribution in [0.15, 0.2) is 35.3 Å². The topological polar surface area (TPSA) is 55.3 Å². The first-order valence-electron chi connectivity index (χ1n) is 8.02. The Morgan fingerprint density at radius 3 is 2.54 bits per heavy atom. The number of likely N-dealkylation sites (N-methyl/N-ethyl adjacent to an activating group) is 1. The van der Waals surface area contributed by atoms with Crippen molar-refractivity contribution in [1.29, 1.82) is 0 Å². The summed E-state index contributed by atoms with van der Waals surface area (Å²) in [6.07, 6.45) is 0. The zero-order valence-electron chi connectivity index (χ0n) is 14.9. The third-order valence-electron chi connectivity index (χ3n) is 3.06. The van der Waals surface area contributed by atoms with Gasteiger partial charge in [0.15, 0.2) is 5.96 Å². The molecule has 0 amide bonds. The van der Waals surface area contributed by atoms with E-state index >= 15 is 0 Å². The minimum Gasteiger partial charge on any atom is -0.492 e. The van der Waals surface area contributed by atoms with Gasteiger partial charge >= 0.3 is 0 Å². The van der Waals surface area contributed by atoms with E-state index in [1.165, 1.54) is 0 Å². The van der Waals surface area contributed by atoms with Crippen molar-refractivity contribution in [2.75, 3.05) is 60.2 Å². The number of para-hydroxylation sites is 1. The second kappa shape index (κ2) is 15.5. The van der Waals surface area contributed by atoms with Gasteiger partial charge in [0.1, 0.15) is 12.4 Å². The molecular weight excluding hydrogens is 421 g/mol.